The molecule has 2 amide bonds. The van der Waals surface area contributed by atoms with E-state index in [1.54, 1.807) is 18.2 Å². The first-order valence-corrected chi connectivity index (χ1v) is 7.63. The van der Waals surface area contributed by atoms with Gasteiger partial charge in [0.2, 0.25) is 11.8 Å². The van der Waals surface area contributed by atoms with E-state index in [-0.39, 0.29) is 18.1 Å². The van der Waals surface area contributed by atoms with Gasteiger partial charge in [0.1, 0.15) is 11.4 Å². The molecule has 2 heterocycles. The SMILES string of the molecule is O=C1CCC(c2noc3ccc4cc(OC(F)F)ccc4c23)C(=O)N1. The number of halogens is 2. The van der Waals surface area contributed by atoms with Crippen molar-refractivity contribution in [2.75, 3.05) is 0 Å². The Morgan fingerprint density at radius 2 is 2.08 bits per heavy atom. The van der Waals surface area contributed by atoms with Gasteiger partial charge in [-0.3, -0.25) is 14.9 Å². The minimum Gasteiger partial charge on any atom is -0.435 e. The minimum atomic E-state index is -2.91. The molecule has 0 radical (unpaired) electrons. The molecule has 0 spiro atoms. The van der Waals surface area contributed by atoms with E-state index < -0.39 is 18.4 Å². The molecule has 6 nitrogen and oxygen atoms in total. The number of fused-ring (bicyclic) bond motifs is 3. The van der Waals surface area contributed by atoms with Crippen molar-refractivity contribution in [3.63, 3.8) is 0 Å². The van der Waals surface area contributed by atoms with Crippen LogP contribution in [0.3, 0.4) is 0 Å². The molecule has 2 aromatic carbocycles. The topological polar surface area (TPSA) is 81.4 Å². The Hall–Kier alpha value is -3.03. The number of nitrogens with one attached hydrogen (secondary N) is 1. The normalized spacial score (nSPS) is 18.1. The van der Waals surface area contributed by atoms with Crippen LogP contribution in [0, 0.1) is 0 Å². The van der Waals surface area contributed by atoms with E-state index in [1.807, 2.05) is 0 Å². The number of rotatable bonds is 3. The Morgan fingerprint density at radius 1 is 1.24 bits per heavy atom. The van der Waals surface area contributed by atoms with Crippen LogP contribution in [0.15, 0.2) is 34.9 Å². The lowest BCUT2D eigenvalue weighted by atomic mass is 9.91. The minimum absolute atomic E-state index is 0.0425. The van der Waals surface area contributed by atoms with Crippen molar-refractivity contribution in [2.45, 2.75) is 25.4 Å². The molecular formula is C17H12F2N2O4. The van der Waals surface area contributed by atoms with E-state index in [0.717, 1.165) is 0 Å². The van der Waals surface area contributed by atoms with Crippen LogP contribution in [-0.4, -0.2) is 23.6 Å². The van der Waals surface area contributed by atoms with Gasteiger partial charge in [0.05, 0.1) is 11.3 Å². The van der Waals surface area contributed by atoms with Crippen LogP contribution in [0.5, 0.6) is 5.75 Å². The van der Waals surface area contributed by atoms with Gasteiger partial charge in [0.25, 0.3) is 0 Å². The summed E-state index contributed by atoms with van der Waals surface area (Å²) in [7, 11) is 0. The molecule has 0 saturated carbocycles. The monoisotopic (exact) mass is 346 g/mol. The fourth-order valence-corrected chi connectivity index (χ4v) is 3.14. The summed E-state index contributed by atoms with van der Waals surface area (Å²) in [6, 6.07) is 7.90. The lowest BCUT2D eigenvalue weighted by Crippen LogP contribution is -2.39. The predicted molar refractivity (Wildman–Crippen MR) is 83.3 cm³/mol. The Bertz CT molecular complexity index is 999. The van der Waals surface area contributed by atoms with Crippen LogP contribution in [-0.2, 0) is 9.59 Å². The van der Waals surface area contributed by atoms with E-state index in [4.69, 9.17) is 4.52 Å². The molecule has 4 rings (SSSR count). The second-order valence-corrected chi connectivity index (χ2v) is 5.77. The maximum atomic E-state index is 12.4. The molecule has 1 unspecified atom stereocenters. The molecule has 0 bridgehead atoms. The van der Waals surface area contributed by atoms with E-state index >= 15 is 0 Å². The van der Waals surface area contributed by atoms with E-state index in [2.05, 4.69) is 15.2 Å². The molecule has 1 N–H and O–H groups in total. The first-order chi connectivity index (χ1) is 12.0. The Balaban J connectivity index is 1.84. The molecule has 8 heteroatoms. The van der Waals surface area contributed by atoms with E-state index in [1.165, 1.54) is 12.1 Å². The molecule has 1 aromatic heterocycles. The van der Waals surface area contributed by atoms with Gasteiger partial charge >= 0.3 is 6.61 Å². The van der Waals surface area contributed by atoms with Gasteiger partial charge < -0.3 is 9.26 Å². The van der Waals surface area contributed by atoms with Gasteiger partial charge in [-0.25, -0.2) is 0 Å². The number of benzene rings is 2. The lowest BCUT2D eigenvalue weighted by molar-refractivity contribution is -0.134. The lowest BCUT2D eigenvalue weighted by Gasteiger charge is -2.19. The average molecular weight is 346 g/mol. The number of alkyl halides is 2. The third-order valence-electron chi connectivity index (χ3n) is 4.25. The molecule has 1 atom stereocenters. The number of carbonyl (C=O) groups excluding carboxylic acids is 2. The second-order valence-electron chi connectivity index (χ2n) is 5.77. The largest absolute Gasteiger partial charge is 0.435 e. The predicted octanol–water partition coefficient (Wildman–Crippen LogP) is 3.10. The highest BCUT2D eigenvalue weighted by Crippen LogP contribution is 2.36. The summed E-state index contributed by atoms with van der Waals surface area (Å²) in [5.41, 5.74) is 0.919. The highest BCUT2D eigenvalue weighted by atomic mass is 19.3. The zero-order chi connectivity index (χ0) is 17.6. The third kappa shape index (κ3) is 2.69. The first-order valence-electron chi connectivity index (χ1n) is 7.63. The van der Waals surface area contributed by atoms with Gasteiger partial charge in [-0.15, -0.1) is 0 Å². The van der Waals surface area contributed by atoms with Crippen molar-refractivity contribution in [2.24, 2.45) is 0 Å². The highest BCUT2D eigenvalue weighted by Gasteiger charge is 2.32. The summed E-state index contributed by atoms with van der Waals surface area (Å²) in [4.78, 5) is 23.5. The van der Waals surface area contributed by atoms with Crippen molar-refractivity contribution in [1.29, 1.82) is 0 Å². The van der Waals surface area contributed by atoms with Gasteiger partial charge in [0.15, 0.2) is 5.58 Å². The Kier molecular flexibility index (Phi) is 3.60. The molecule has 25 heavy (non-hydrogen) atoms. The van der Waals surface area contributed by atoms with E-state index in [0.29, 0.717) is 33.9 Å². The molecule has 3 aromatic rings. The number of aromatic nitrogens is 1. The summed E-state index contributed by atoms with van der Waals surface area (Å²) in [5.74, 6) is -1.28. The molecule has 1 fully saturated rings. The second kappa shape index (κ2) is 5.80. The Labute approximate surface area is 139 Å². The average Bonchev–Trinajstić information content (AvgIpc) is 2.98. The summed E-state index contributed by atoms with van der Waals surface area (Å²) >= 11 is 0. The number of hydrogen-bond acceptors (Lipinski definition) is 5. The van der Waals surface area contributed by atoms with Crippen LogP contribution in [0.1, 0.15) is 24.5 Å². The van der Waals surface area contributed by atoms with E-state index in [9.17, 15) is 18.4 Å². The van der Waals surface area contributed by atoms with Crippen LogP contribution in [0.4, 0.5) is 8.78 Å². The summed E-state index contributed by atoms with van der Waals surface area (Å²) in [6.07, 6.45) is 0.567. The fourth-order valence-electron chi connectivity index (χ4n) is 3.14. The number of carbonyl (C=O) groups is 2. The Morgan fingerprint density at radius 3 is 2.84 bits per heavy atom. The third-order valence-corrected chi connectivity index (χ3v) is 4.25. The molecule has 128 valence electrons. The number of piperidine rings is 1. The molecule has 0 aliphatic carbocycles. The number of hydrogen-bond donors (Lipinski definition) is 1. The maximum absolute atomic E-state index is 12.4. The maximum Gasteiger partial charge on any atom is 0.387 e. The van der Waals surface area contributed by atoms with Crippen LogP contribution < -0.4 is 10.1 Å². The molecular weight excluding hydrogens is 334 g/mol. The zero-order valence-corrected chi connectivity index (χ0v) is 12.8. The smallest absolute Gasteiger partial charge is 0.387 e. The zero-order valence-electron chi connectivity index (χ0n) is 12.8. The van der Waals surface area contributed by atoms with Gasteiger partial charge in [-0.2, -0.15) is 8.78 Å². The van der Waals surface area contributed by atoms with Crippen LogP contribution in [0.2, 0.25) is 0 Å². The highest BCUT2D eigenvalue weighted by molar-refractivity contribution is 6.10. The number of ether oxygens (including phenoxy) is 1. The van der Waals surface area contributed by atoms with Crippen molar-refractivity contribution >= 4 is 33.6 Å². The van der Waals surface area contributed by atoms with Crippen LogP contribution in [0.25, 0.3) is 21.7 Å². The standard InChI is InChI=1S/C17H12F2N2O4/c18-17(19)24-9-2-3-10-8(7-9)1-5-12-14(10)15(21-25-12)11-4-6-13(22)20-16(11)23/h1-3,5,7,11,17H,4,6H2,(H,20,22,23). The van der Waals surface area contributed by atoms with Gasteiger partial charge in [-0.05, 0) is 41.5 Å². The summed E-state index contributed by atoms with van der Waals surface area (Å²) in [5, 5.41) is 8.31. The van der Waals surface area contributed by atoms with Crippen LogP contribution >= 0.6 is 0 Å². The summed E-state index contributed by atoms with van der Waals surface area (Å²) < 4.78 is 34.5. The number of imide groups is 1. The number of nitrogens with zero attached hydrogens (tertiary/aromatic N) is 1. The van der Waals surface area contributed by atoms with Gasteiger partial charge in [-0.1, -0.05) is 11.2 Å². The molecule has 1 saturated heterocycles. The van der Waals surface area contributed by atoms with Crippen molar-refractivity contribution in [3.8, 4) is 5.75 Å². The molecule has 1 aliphatic rings. The van der Waals surface area contributed by atoms with Crippen molar-refractivity contribution in [1.82, 2.24) is 10.5 Å². The van der Waals surface area contributed by atoms with Gasteiger partial charge in [0, 0.05) is 6.42 Å². The summed E-state index contributed by atoms with van der Waals surface area (Å²) in [6.45, 7) is -2.91. The fraction of sp³-hybridized carbons (Fsp3) is 0.235. The molecule has 1 aliphatic heterocycles. The number of amides is 2. The quantitative estimate of drug-likeness (QED) is 0.737. The van der Waals surface area contributed by atoms with Crippen molar-refractivity contribution < 1.29 is 27.6 Å². The van der Waals surface area contributed by atoms with Crippen molar-refractivity contribution in [3.05, 3.63) is 36.0 Å². The first kappa shape index (κ1) is 15.5.